The summed E-state index contributed by atoms with van der Waals surface area (Å²) in [6, 6.07) is 7.09. The van der Waals surface area contributed by atoms with E-state index in [4.69, 9.17) is 4.74 Å². The molecule has 19 heavy (non-hydrogen) atoms. The number of rotatable bonds is 3. The van der Waals surface area contributed by atoms with Crippen molar-refractivity contribution in [1.29, 1.82) is 0 Å². The molecule has 1 heterocycles. The van der Waals surface area contributed by atoms with E-state index in [1.54, 1.807) is 0 Å². The maximum atomic E-state index is 5.98. The lowest BCUT2D eigenvalue weighted by Crippen LogP contribution is -2.38. The van der Waals surface area contributed by atoms with Crippen LogP contribution in [0.5, 0.6) is 5.75 Å². The molecule has 0 aromatic heterocycles. The number of aryl methyl sites for hydroxylation is 1. The normalized spacial score (nSPS) is 20.3. The lowest BCUT2D eigenvalue weighted by Gasteiger charge is -2.24. The highest BCUT2D eigenvalue weighted by Gasteiger charge is 2.16. The van der Waals surface area contributed by atoms with Crippen LogP contribution in [-0.2, 0) is 5.41 Å². The predicted octanol–water partition coefficient (Wildman–Crippen LogP) is 3.81. The molecule has 1 aromatic carbocycles. The number of nitrogens with one attached hydrogen (secondary N) is 1. The fourth-order valence-electron chi connectivity index (χ4n) is 2.53. The second-order valence-corrected chi connectivity index (χ2v) is 6.69. The molecule has 1 saturated heterocycles. The Bertz CT molecular complexity index is 414. The van der Waals surface area contributed by atoms with Crippen LogP contribution in [0.4, 0.5) is 0 Å². The molecule has 1 N–H and O–H groups in total. The van der Waals surface area contributed by atoms with Gasteiger partial charge in [-0.2, -0.15) is 0 Å². The quantitative estimate of drug-likeness (QED) is 0.893. The Morgan fingerprint density at radius 2 is 2.05 bits per heavy atom. The first-order valence-corrected chi connectivity index (χ1v) is 7.44. The van der Waals surface area contributed by atoms with E-state index >= 15 is 0 Å². The van der Waals surface area contributed by atoms with Crippen LogP contribution in [-0.4, -0.2) is 19.2 Å². The van der Waals surface area contributed by atoms with Gasteiger partial charge in [0.05, 0.1) is 0 Å². The van der Waals surface area contributed by atoms with Crippen molar-refractivity contribution in [2.24, 2.45) is 0 Å². The van der Waals surface area contributed by atoms with Crippen LogP contribution in [0, 0.1) is 6.92 Å². The van der Waals surface area contributed by atoms with Gasteiger partial charge in [0.1, 0.15) is 12.4 Å². The summed E-state index contributed by atoms with van der Waals surface area (Å²) >= 11 is 0. The summed E-state index contributed by atoms with van der Waals surface area (Å²) in [5, 5.41) is 3.52. The van der Waals surface area contributed by atoms with Crippen molar-refractivity contribution >= 4 is 0 Å². The molecule has 0 amide bonds. The average molecular weight is 261 g/mol. The summed E-state index contributed by atoms with van der Waals surface area (Å²) in [7, 11) is 0. The predicted molar refractivity (Wildman–Crippen MR) is 81.0 cm³/mol. The van der Waals surface area contributed by atoms with Crippen molar-refractivity contribution in [3.8, 4) is 5.75 Å². The lowest BCUT2D eigenvalue weighted by atomic mass is 9.86. The van der Waals surface area contributed by atoms with Gasteiger partial charge in [-0.25, -0.2) is 0 Å². The maximum absolute atomic E-state index is 5.98. The van der Waals surface area contributed by atoms with Gasteiger partial charge in [0.2, 0.25) is 0 Å². The van der Waals surface area contributed by atoms with Gasteiger partial charge in [-0.15, -0.1) is 0 Å². The maximum Gasteiger partial charge on any atom is 0.122 e. The topological polar surface area (TPSA) is 21.3 Å². The van der Waals surface area contributed by atoms with Crippen LogP contribution in [0.2, 0.25) is 0 Å². The van der Waals surface area contributed by atoms with Crippen LogP contribution >= 0.6 is 0 Å². The third-order valence-electron chi connectivity index (χ3n) is 3.89. The van der Waals surface area contributed by atoms with E-state index in [-0.39, 0.29) is 5.41 Å². The van der Waals surface area contributed by atoms with Gasteiger partial charge in [-0.1, -0.05) is 39.3 Å². The Balaban J connectivity index is 1.97. The fraction of sp³-hybridized carbons (Fsp3) is 0.647. The first-order chi connectivity index (χ1) is 8.97. The molecule has 2 heteroatoms. The SMILES string of the molecule is Cc1cc(C(C)(C)C)ccc1OCC1CCCCN1. The Kier molecular flexibility index (Phi) is 4.51. The molecular formula is C17H27NO. The van der Waals surface area contributed by atoms with Crippen LogP contribution in [0.1, 0.15) is 51.2 Å². The van der Waals surface area contributed by atoms with Crippen LogP contribution < -0.4 is 10.1 Å². The van der Waals surface area contributed by atoms with E-state index in [1.165, 1.54) is 30.4 Å². The lowest BCUT2D eigenvalue weighted by molar-refractivity contribution is 0.238. The fourth-order valence-corrected chi connectivity index (χ4v) is 2.53. The average Bonchev–Trinajstić information content (AvgIpc) is 2.37. The molecule has 0 radical (unpaired) electrons. The molecule has 2 rings (SSSR count). The van der Waals surface area contributed by atoms with Gasteiger partial charge in [0, 0.05) is 6.04 Å². The van der Waals surface area contributed by atoms with Gasteiger partial charge < -0.3 is 10.1 Å². The molecule has 1 atom stereocenters. The summed E-state index contributed by atoms with van der Waals surface area (Å²) in [5.41, 5.74) is 2.81. The molecule has 1 aromatic rings. The summed E-state index contributed by atoms with van der Waals surface area (Å²) in [5.74, 6) is 1.03. The van der Waals surface area contributed by atoms with Gasteiger partial charge >= 0.3 is 0 Å². The van der Waals surface area contributed by atoms with Crippen molar-refractivity contribution in [2.75, 3.05) is 13.2 Å². The number of benzene rings is 1. The van der Waals surface area contributed by atoms with Gasteiger partial charge in [0.25, 0.3) is 0 Å². The van der Waals surface area contributed by atoms with E-state index in [2.05, 4.69) is 51.2 Å². The van der Waals surface area contributed by atoms with Gasteiger partial charge in [-0.05, 0) is 48.9 Å². The minimum Gasteiger partial charge on any atom is -0.492 e. The number of hydrogen-bond acceptors (Lipinski definition) is 2. The third-order valence-corrected chi connectivity index (χ3v) is 3.89. The van der Waals surface area contributed by atoms with E-state index in [0.29, 0.717) is 6.04 Å². The Morgan fingerprint density at radius 1 is 1.26 bits per heavy atom. The monoisotopic (exact) mass is 261 g/mol. The van der Waals surface area contributed by atoms with Gasteiger partial charge in [0.15, 0.2) is 0 Å². The summed E-state index contributed by atoms with van der Waals surface area (Å²) in [6.07, 6.45) is 3.86. The largest absolute Gasteiger partial charge is 0.492 e. The van der Waals surface area contributed by atoms with Crippen molar-refractivity contribution in [2.45, 2.75) is 58.4 Å². The molecule has 1 aliphatic heterocycles. The molecule has 2 nitrogen and oxygen atoms in total. The number of hydrogen-bond donors (Lipinski definition) is 1. The second kappa shape index (κ2) is 5.96. The zero-order chi connectivity index (χ0) is 13.9. The van der Waals surface area contributed by atoms with Crippen LogP contribution in [0.25, 0.3) is 0 Å². The number of ether oxygens (including phenoxy) is 1. The Labute approximate surface area is 117 Å². The van der Waals surface area contributed by atoms with Crippen molar-refractivity contribution in [3.05, 3.63) is 29.3 Å². The second-order valence-electron chi connectivity index (χ2n) is 6.69. The first-order valence-electron chi connectivity index (χ1n) is 7.44. The van der Waals surface area contributed by atoms with E-state index in [1.807, 2.05) is 0 Å². The van der Waals surface area contributed by atoms with Gasteiger partial charge in [-0.3, -0.25) is 0 Å². The standard InChI is InChI=1S/C17H27NO/c1-13-11-14(17(2,3)4)8-9-16(13)19-12-15-7-5-6-10-18-15/h8-9,11,15,18H,5-7,10,12H2,1-4H3. The summed E-state index contributed by atoms with van der Waals surface area (Å²) in [4.78, 5) is 0. The minimum absolute atomic E-state index is 0.203. The van der Waals surface area contributed by atoms with Crippen molar-refractivity contribution < 1.29 is 4.74 Å². The first kappa shape index (κ1) is 14.4. The molecule has 0 spiro atoms. The van der Waals surface area contributed by atoms with E-state index in [9.17, 15) is 0 Å². The highest BCUT2D eigenvalue weighted by atomic mass is 16.5. The summed E-state index contributed by atoms with van der Waals surface area (Å²) < 4.78 is 5.98. The molecule has 0 saturated carbocycles. The molecule has 1 aliphatic rings. The minimum atomic E-state index is 0.203. The van der Waals surface area contributed by atoms with E-state index < -0.39 is 0 Å². The smallest absolute Gasteiger partial charge is 0.122 e. The summed E-state index contributed by atoms with van der Waals surface area (Å²) in [6.45, 7) is 10.8. The molecular weight excluding hydrogens is 234 g/mol. The van der Waals surface area contributed by atoms with Crippen LogP contribution in [0.3, 0.4) is 0 Å². The molecule has 106 valence electrons. The van der Waals surface area contributed by atoms with Crippen molar-refractivity contribution in [3.63, 3.8) is 0 Å². The number of piperidine rings is 1. The Hall–Kier alpha value is -1.02. The zero-order valence-corrected chi connectivity index (χ0v) is 12.8. The highest BCUT2D eigenvalue weighted by molar-refractivity contribution is 5.38. The molecule has 0 bridgehead atoms. The highest BCUT2D eigenvalue weighted by Crippen LogP contribution is 2.27. The molecule has 1 unspecified atom stereocenters. The molecule has 0 aliphatic carbocycles. The van der Waals surface area contributed by atoms with Crippen LogP contribution in [0.15, 0.2) is 18.2 Å². The van der Waals surface area contributed by atoms with Crippen molar-refractivity contribution in [1.82, 2.24) is 5.32 Å². The zero-order valence-electron chi connectivity index (χ0n) is 12.8. The third kappa shape index (κ3) is 3.97. The van der Waals surface area contributed by atoms with E-state index in [0.717, 1.165) is 18.9 Å². The molecule has 1 fully saturated rings. The Morgan fingerprint density at radius 3 is 2.63 bits per heavy atom.